The summed E-state index contributed by atoms with van der Waals surface area (Å²) in [5.74, 6) is 0.639. The number of carbonyl (C=O) groups is 1. The van der Waals surface area contributed by atoms with Gasteiger partial charge in [0.1, 0.15) is 5.75 Å². The van der Waals surface area contributed by atoms with Crippen LogP contribution in [-0.4, -0.2) is 17.8 Å². The van der Waals surface area contributed by atoms with Gasteiger partial charge in [-0.05, 0) is 30.3 Å². The maximum absolute atomic E-state index is 12.4. The first kappa shape index (κ1) is 18.5. The molecule has 0 bridgehead atoms. The molecule has 3 aromatic rings. The minimum atomic E-state index is -0.485. The minimum absolute atomic E-state index is 0. The van der Waals surface area contributed by atoms with Crippen molar-refractivity contribution in [2.45, 2.75) is 6.54 Å². The highest BCUT2D eigenvalue weighted by atomic mass is 79.9. The summed E-state index contributed by atoms with van der Waals surface area (Å²) in [5, 5.41) is 11.6. The molecule has 0 fully saturated rings. The summed E-state index contributed by atoms with van der Waals surface area (Å²) < 4.78 is 7.06. The monoisotopic (exact) mass is 402 g/mol. The highest BCUT2D eigenvalue weighted by Crippen LogP contribution is 2.18. The summed E-state index contributed by atoms with van der Waals surface area (Å²) in [6, 6.07) is 15.1. The van der Waals surface area contributed by atoms with Crippen molar-refractivity contribution < 1.29 is 36.0 Å². The number of nitrogens with zero attached hydrogens (tertiary/aromatic N) is 2. The normalized spacial score (nSPS) is 10.1. The first-order valence-corrected chi connectivity index (χ1v) is 7.32. The molecule has 6 nitrogen and oxygen atoms in total. The van der Waals surface area contributed by atoms with E-state index in [1.54, 1.807) is 7.11 Å². The lowest BCUT2D eigenvalue weighted by molar-refractivity contribution is -0.657. The number of ether oxygens (including phenoxy) is 1. The number of halogens is 1. The molecule has 3 rings (SSSR count). The molecule has 1 aromatic heterocycles. The molecule has 0 aliphatic rings. The van der Waals surface area contributed by atoms with Crippen molar-refractivity contribution in [3.63, 3.8) is 0 Å². The molecule has 25 heavy (non-hydrogen) atoms. The number of carbonyl (C=O) groups excluding carboxylic acids is 1. The smallest absolute Gasteiger partial charge is 0.269 e. The van der Waals surface area contributed by atoms with Crippen LogP contribution in [0.2, 0.25) is 0 Å². The number of hydrogen-bond acceptors (Lipinski definition) is 4. The average Bonchev–Trinajstić information content (AvgIpc) is 2.61. The second kappa shape index (κ2) is 7.85. The van der Waals surface area contributed by atoms with Crippen molar-refractivity contribution in [2.75, 3.05) is 7.11 Å². The molecule has 0 aliphatic carbocycles. The highest BCUT2D eigenvalue weighted by Gasteiger charge is 2.16. The van der Waals surface area contributed by atoms with Crippen LogP contribution < -0.4 is 26.3 Å². The van der Waals surface area contributed by atoms with E-state index >= 15 is 0 Å². The van der Waals surface area contributed by atoms with E-state index in [9.17, 15) is 14.9 Å². The number of nitro groups is 1. The van der Waals surface area contributed by atoms with E-state index in [1.807, 2.05) is 41.1 Å². The van der Waals surface area contributed by atoms with Crippen molar-refractivity contribution >= 4 is 22.4 Å². The lowest BCUT2D eigenvalue weighted by atomic mass is 10.1. The van der Waals surface area contributed by atoms with Gasteiger partial charge in [0.25, 0.3) is 5.69 Å². The highest BCUT2D eigenvalue weighted by molar-refractivity contribution is 5.95. The molecule has 1 heterocycles. The molecule has 2 aromatic carbocycles. The van der Waals surface area contributed by atoms with Gasteiger partial charge in [-0.1, -0.05) is 0 Å². The van der Waals surface area contributed by atoms with Crippen LogP contribution in [0.25, 0.3) is 10.9 Å². The zero-order valence-corrected chi connectivity index (χ0v) is 15.0. The number of benzene rings is 2. The number of non-ortho nitro benzene ring substituents is 1. The first-order valence-electron chi connectivity index (χ1n) is 7.32. The Bertz CT molecular complexity index is 926. The van der Waals surface area contributed by atoms with E-state index in [0.717, 1.165) is 16.7 Å². The number of ketones is 1. The Morgan fingerprint density at radius 3 is 2.52 bits per heavy atom. The largest absolute Gasteiger partial charge is 1.00 e. The van der Waals surface area contributed by atoms with Gasteiger partial charge in [0.2, 0.25) is 17.8 Å². The lowest BCUT2D eigenvalue weighted by Gasteiger charge is -2.04. The van der Waals surface area contributed by atoms with Gasteiger partial charge in [-0.2, -0.15) is 4.57 Å². The van der Waals surface area contributed by atoms with E-state index in [-0.39, 0.29) is 35.0 Å². The quantitative estimate of drug-likeness (QED) is 0.259. The molecule has 0 saturated carbocycles. The maximum atomic E-state index is 12.4. The van der Waals surface area contributed by atoms with Gasteiger partial charge in [-0.3, -0.25) is 14.9 Å². The Morgan fingerprint density at radius 1 is 1.16 bits per heavy atom. The molecule has 0 amide bonds. The van der Waals surface area contributed by atoms with Crippen LogP contribution in [0.4, 0.5) is 5.69 Å². The fraction of sp³-hybridized carbons (Fsp3) is 0.111. The minimum Gasteiger partial charge on any atom is -1.00 e. The molecule has 7 heteroatoms. The van der Waals surface area contributed by atoms with Crippen LogP contribution in [0, 0.1) is 10.1 Å². The van der Waals surface area contributed by atoms with Crippen LogP contribution in [0.3, 0.4) is 0 Å². The summed E-state index contributed by atoms with van der Waals surface area (Å²) in [6.45, 7) is 0.154. The molecule has 0 spiro atoms. The topological polar surface area (TPSA) is 73.3 Å². The standard InChI is InChI=1S/C18H15N2O4.BrH/c1-24-16-8-9-17-14(11-16)3-2-10-19(17)12-18(21)13-4-6-15(7-5-13)20(22)23;/h2-11H,12H2,1H3;1H/q+1;/p-1. The Morgan fingerprint density at radius 2 is 1.88 bits per heavy atom. The Balaban J connectivity index is 0.00000225. The van der Waals surface area contributed by atoms with Crippen molar-refractivity contribution in [3.05, 3.63) is 76.5 Å². The number of fused-ring (bicyclic) bond motifs is 1. The summed E-state index contributed by atoms with van der Waals surface area (Å²) in [4.78, 5) is 22.6. The van der Waals surface area contributed by atoms with Crippen molar-refractivity contribution in [3.8, 4) is 5.75 Å². The second-order valence-electron chi connectivity index (χ2n) is 5.29. The molecule has 0 unspecified atom stereocenters. The number of aromatic nitrogens is 1. The van der Waals surface area contributed by atoms with Gasteiger partial charge in [-0.25, -0.2) is 0 Å². The molecule has 0 aliphatic heterocycles. The van der Waals surface area contributed by atoms with E-state index in [2.05, 4.69) is 0 Å². The van der Waals surface area contributed by atoms with Crippen molar-refractivity contribution in [1.82, 2.24) is 0 Å². The second-order valence-corrected chi connectivity index (χ2v) is 5.29. The molecule has 128 valence electrons. The number of hydrogen-bond donors (Lipinski definition) is 0. The average molecular weight is 403 g/mol. The first-order chi connectivity index (χ1) is 11.6. The van der Waals surface area contributed by atoms with Gasteiger partial charge < -0.3 is 21.7 Å². The van der Waals surface area contributed by atoms with Gasteiger partial charge in [-0.15, -0.1) is 0 Å². The van der Waals surface area contributed by atoms with Crippen LogP contribution in [0.5, 0.6) is 5.75 Å². The van der Waals surface area contributed by atoms with E-state index < -0.39 is 4.92 Å². The van der Waals surface area contributed by atoms with Gasteiger partial charge >= 0.3 is 0 Å². The third-order valence-electron chi connectivity index (χ3n) is 3.80. The molecule has 0 N–H and O–H groups in total. The van der Waals surface area contributed by atoms with Gasteiger partial charge in [0, 0.05) is 29.8 Å². The van der Waals surface area contributed by atoms with Gasteiger partial charge in [0.05, 0.1) is 17.4 Å². The molecule has 0 saturated heterocycles. The lowest BCUT2D eigenvalue weighted by Crippen LogP contribution is -3.00. The van der Waals surface area contributed by atoms with E-state index in [1.165, 1.54) is 24.3 Å². The number of Topliss-reactive ketones (excluding diaryl/α,β-unsaturated/α-hetero) is 1. The third-order valence-corrected chi connectivity index (χ3v) is 3.80. The number of nitro benzene ring substituents is 1. The predicted molar refractivity (Wildman–Crippen MR) is 88.1 cm³/mol. The van der Waals surface area contributed by atoms with Crippen LogP contribution >= 0.6 is 0 Å². The van der Waals surface area contributed by atoms with E-state index in [4.69, 9.17) is 4.74 Å². The summed E-state index contributed by atoms with van der Waals surface area (Å²) in [7, 11) is 1.61. The number of pyridine rings is 1. The number of rotatable bonds is 5. The fourth-order valence-electron chi connectivity index (χ4n) is 2.54. The summed E-state index contributed by atoms with van der Waals surface area (Å²) in [5.41, 5.74) is 1.32. The fourth-order valence-corrected chi connectivity index (χ4v) is 2.54. The number of methoxy groups -OCH3 is 1. The Labute approximate surface area is 154 Å². The Kier molecular flexibility index (Phi) is 5.82. The molecular formula is C18H15BrN2O4. The molecule has 0 radical (unpaired) electrons. The third kappa shape index (κ3) is 4.00. The van der Waals surface area contributed by atoms with Crippen molar-refractivity contribution in [2.24, 2.45) is 0 Å². The summed E-state index contributed by atoms with van der Waals surface area (Å²) in [6.07, 6.45) is 1.83. The van der Waals surface area contributed by atoms with Gasteiger partial charge in [0.15, 0.2) is 6.20 Å². The van der Waals surface area contributed by atoms with Crippen LogP contribution in [-0.2, 0) is 6.54 Å². The van der Waals surface area contributed by atoms with Crippen molar-refractivity contribution in [1.29, 1.82) is 0 Å². The maximum Gasteiger partial charge on any atom is 0.269 e. The Hall–Kier alpha value is -2.80. The zero-order valence-electron chi connectivity index (χ0n) is 13.4. The van der Waals surface area contributed by atoms with E-state index in [0.29, 0.717) is 5.56 Å². The van der Waals surface area contributed by atoms with Crippen LogP contribution in [0.1, 0.15) is 10.4 Å². The molecular weight excluding hydrogens is 388 g/mol. The SMILES string of the molecule is COc1ccc2c(ccc[n+]2CC(=O)c2ccc([N+](=O)[O-])cc2)c1.[Br-]. The predicted octanol–water partition coefficient (Wildman–Crippen LogP) is -0.0690. The zero-order chi connectivity index (χ0) is 17.1. The van der Waals surface area contributed by atoms with Crippen LogP contribution in [0.15, 0.2) is 60.8 Å². The summed E-state index contributed by atoms with van der Waals surface area (Å²) >= 11 is 0. The molecule has 0 atom stereocenters.